The van der Waals surface area contributed by atoms with Crippen LogP contribution in [0.25, 0.3) is 0 Å². The van der Waals surface area contributed by atoms with E-state index in [0.29, 0.717) is 5.82 Å². The van der Waals surface area contributed by atoms with Crippen molar-refractivity contribution in [3.05, 3.63) is 35.7 Å². The second kappa shape index (κ2) is 7.98. The molecule has 5 nitrogen and oxygen atoms in total. The Labute approximate surface area is 136 Å². The lowest BCUT2D eigenvalue weighted by atomic mass is 10.1. The molecule has 3 N–H and O–H groups in total. The lowest BCUT2D eigenvalue weighted by molar-refractivity contribution is 0.811. The van der Waals surface area contributed by atoms with Crippen LogP contribution >= 0.6 is 11.8 Å². The molecule has 0 aliphatic rings. The number of unbranched alkanes of at least 4 members (excludes halogenated alkanes) is 1. The molecule has 2 heterocycles. The number of pyridine rings is 1. The molecule has 0 unspecified atom stereocenters. The molecule has 0 saturated carbocycles. The predicted octanol–water partition coefficient (Wildman–Crippen LogP) is 3.83. The first kappa shape index (κ1) is 16.5. The van der Waals surface area contributed by atoms with Crippen molar-refractivity contribution in [2.75, 3.05) is 16.8 Å². The number of aryl methyl sites for hydroxylation is 1. The zero-order chi connectivity index (χ0) is 15.9. The Morgan fingerprint density at radius 1 is 1.36 bits per heavy atom. The minimum absolute atomic E-state index is 0.0593. The van der Waals surface area contributed by atoms with E-state index in [2.05, 4.69) is 47.1 Å². The van der Waals surface area contributed by atoms with E-state index < -0.39 is 0 Å². The first-order valence-corrected chi connectivity index (χ1v) is 8.54. The Hall–Kier alpha value is -1.82. The van der Waals surface area contributed by atoms with Crippen LogP contribution in [0.2, 0.25) is 0 Å². The third-order valence-electron chi connectivity index (χ3n) is 3.28. The van der Waals surface area contributed by atoms with Crippen molar-refractivity contribution in [3.8, 4) is 0 Å². The molecular weight excluding hydrogens is 294 g/mol. The second-order valence-electron chi connectivity index (χ2n) is 5.23. The Balaban J connectivity index is 2.10. The van der Waals surface area contributed by atoms with Gasteiger partial charge in [-0.15, -0.1) is 0 Å². The summed E-state index contributed by atoms with van der Waals surface area (Å²) in [5.41, 5.74) is 8.06. The number of anilines is 2. The summed E-state index contributed by atoms with van der Waals surface area (Å²) in [5.74, 6) is 2.24. The fraction of sp³-hybridized carbons (Fsp3) is 0.438. The highest BCUT2D eigenvalue weighted by atomic mass is 32.2. The monoisotopic (exact) mass is 317 g/mol. The van der Waals surface area contributed by atoms with Crippen molar-refractivity contribution in [3.63, 3.8) is 0 Å². The molecule has 0 saturated heterocycles. The molecule has 0 radical (unpaired) electrons. The molecule has 2 aromatic rings. The van der Waals surface area contributed by atoms with Gasteiger partial charge in [-0.25, -0.2) is 9.97 Å². The molecule has 2 rings (SSSR count). The van der Waals surface area contributed by atoms with E-state index in [1.165, 1.54) is 0 Å². The Morgan fingerprint density at radius 3 is 2.91 bits per heavy atom. The van der Waals surface area contributed by atoms with E-state index in [1.54, 1.807) is 24.0 Å². The number of thioether (sulfide) groups is 1. The van der Waals surface area contributed by atoms with Gasteiger partial charge in [-0.05, 0) is 31.9 Å². The number of rotatable bonds is 7. The van der Waals surface area contributed by atoms with Gasteiger partial charge in [-0.2, -0.15) is 0 Å². The van der Waals surface area contributed by atoms with Crippen LogP contribution in [0.3, 0.4) is 0 Å². The van der Waals surface area contributed by atoms with Crippen molar-refractivity contribution in [1.29, 1.82) is 0 Å². The van der Waals surface area contributed by atoms with Gasteiger partial charge in [0, 0.05) is 18.0 Å². The highest BCUT2D eigenvalue weighted by Crippen LogP contribution is 2.23. The van der Waals surface area contributed by atoms with Crippen LogP contribution in [0.15, 0.2) is 29.6 Å². The molecule has 0 fully saturated rings. The van der Waals surface area contributed by atoms with Crippen molar-refractivity contribution in [1.82, 2.24) is 15.0 Å². The van der Waals surface area contributed by atoms with Crippen molar-refractivity contribution < 1.29 is 0 Å². The summed E-state index contributed by atoms with van der Waals surface area (Å²) < 4.78 is 0. The van der Waals surface area contributed by atoms with Gasteiger partial charge in [0.1, 0.15) is 11.6 Å². The normalized spacial score (nSPS) is 12.1. The largest absolute Gasteiger partial charge is 0.383 e. The minimum atomic E-state index is 0.0593. The molecule has 118 valence electrons. The summed E-state index contributed by atoms with van der Waals surface area (Å²) in [4.78, 5) is 13.2. The molecule has 0 aromatic carbocycles. The smallest absolute Gasteiger partial charge is 0.191 e. The number of aromatic nitrogens is 3. The Bertz CT molecular complexity index is 617. The summed E-state index contributed by atoms with van der Waals surface area (Å²) in [7, 11) is 0. The van der Waals surface area contributed by atoms with Crippen LogP contribution in [-0.2, 0) is 0 Å². The van der Waals surface area contributed by atoms with Gasteiger partial charge >= 0.3 is 0 Å². The van der Waals surface area contributed by atoms with Crippen LogP contribution in [0.4, 0.5) is 11.6 Å². The minimum Gasteiger partial charge on any atom is -0.383 e. The number of nitrogen functional groups attached to an aromatic ring is 1. The highest BCUT2D eigenvalue weighted by molar-refractivity contribution is 7.99. The number of nitrogens with two attached hydrogens (primary N) is 1. The van der Waals surface area contributed by atoms with Gasteiger partial charge in [-0.1, -0.05) is 31.2 Å². The maximum Gasteiger partial charge on any atom is 0.191 e. The topological polar surface area (TPSA) is 76.7 Å². The van der Waals surface area contributed by atoms with Crippen LogP contribution in [0.1, 0.15) is 44.0 Å². The average molecular weight is 317 g/mol. The third kappa shape index (κ3) is 4.59. The number of nitrogens with zero attached hydrogens (tertiary/aromatic N) is 3. The number of hydrogen-bond donors (Lipinski definition) is 2. The van der Waals surface area contributed by atoms with Gasteiger partial charge < -0.3 is 11.1 Å². The van der Waals surface area contributed by atoms with E-state index in [9.17, 15) is 0 Å². The summed E-state index contributed by atoms with van der Waals surface area (Å²) >= 11 is 1.64. The molecular formula is C16H23N5S. The van der Waals surface area contributed by atoms with E-state index in [1.807, 2.05) is 6.07 Å². The SMILES string of the molecule is CCCCSc1nc(N)cc(N[C@@H](C)c2ncccc2C)n1. The van der Waals surface area contributed by atoms with Crippen LogP contribution in [0.5, 0.6) is 0 Å². The summed E-state index contributed by atoms with van der Waals surface area (Å²) in [6.07, 6.45) is 4.12. The quantitative estimate of drug-likeness (QED) is 0.459. The molecule has 0 spiro atoms. The second-order valence-corrected chi connectivity index (χ2v) is 6.30. The summed E-state index contributed by atoms with van der Waals surface area (Å²) in [5, 5.41) is 4.09. The molecule has 0 amide bonds. The van der Waals surface area contributed by atoms with Crippen LogP contribution in [-0.4, -0.2) is 20.7 Å². The molecule has 6 heteroatoms. The van der Waals surface area contributed by atoms with E-state index in [0.717, 1.165) is 40.8 Å². The third-order valence-corrected chi connectivity index (χ3v) is 4.21. The summed E-state index contributed by atoms with van der Waals surface area (Å²) in [6, 6.07) is 5.82. The van der Waals surface area contributed by atoms with Gasteiger partial charge in [0.2, 0.25) is 0 Å². The standard InChI is InChI=1S/C16H23N5S/c1-4-5-9-22-16-20-13(17)10-14(21-16)19-12(3)15-11(2)7-6-8-18-15/h6-8,10,12H,4-5,9H2,1-3H3,(H3,17,19,20,21)/t12-/m0/s1. The molecule has 0 aliphatic carbocycles. The zero-order valence-corrected chi connectivity index (χ0v) is 14.2. The summed E-state index contributed by atoms with van der Waals surface area (Å²) in [6.45, 7) is 6.29. The molecule has 0 aliphatic heterocycles. The highest BCUT2D eigenvalue weighted by Gasteiger charge is 2.11. The van der Waals surface area contributed by atoms with E-state index in [-0.39, 0.29) is 6.04 Å². The molecule has 0 bridgehead atoms. The van der Waals surface area contributed by atoms with Crippen molar-refractivity contribution in [2.24, 2.45) is 0 Å². The van der Waals surface area contributed by atoms with Gasteiger partial charge in [0.15, 0.2) is 5.16 Å². The number of hydrogen-bond acceptors (Lipinski definition) is 6. The first-order chi connectivity index (χ1) is 10.6. The zero-order valence-electron chi connectivity index (χ0n) is 13.3. The van der Waals surface area contributed by atoms with Crippen molar-refractivity contribution >= 4 is 23.4 Å². The van der Waals surface area contributed by atoms with Gasteiger partial charge in [0.25, 0.3) is 0 Å². The van der Waals surface area contributed by atoms with Crippen molar-refractivity contribution in [2.45, 2.75) is 44.8 Å². The predicted molar refractivity (Wildman–Crippen MR) is 93.1 cm³/mol. The average Bonchev–Trinajstić information content (AvgIpc) is 2.47. The van der Waals surface area contributed by atoms with Gasteiger partial charge in [-0.3, -0.25) is 4.98 Å². The molecule has 22 heavy (non-hydrogen) atoms. The lowest BCUT2D eigenvalue weighted by Gasteiger charge is -2.16. The maximum absolute atomic E-state index is 5.89. The van der Waals surface area contributed by atoms with Crippen LogP contribution in [0, 0.1) is 6.92 Å². The molecule has 1 atom stereocenters. The molecule has 2 aromatic heterocycles. The van der Waals surface area contributed by atoms with Crippen LogP contribution < -0.4 is 11.1 Å². The first-order valence-electron chi connectivity index (χ1n) is 7.55. The lowest BCUT2D eigenvalue weighted by Crippen LogP contribution is -2.12. The fourth-order valence-corrected chi connectivity index (χ4v) is 3.08. The van der Waals surface area contributed by atoms with E-state index in [4.69, 9.17) is 5.73 Å². The Kier molecular flexibility index (Phi) is 6.00. The maximum atomic E-state index is 5.89. The Morgan fingerprint density at radius 2 is 2.18 bits per heavy atom. The fourth-order valence-electron chi connectivity index (χ4n) is 2.13. The van der Waals surface area contributed by atoms with Gasteiger partial charge in [0.05, 0.1) is 11.7 Å². The number of nitrogens with one attached hydrogen (secondary N) is 1. The van der Waals surface area contributed by atoms with E-state index >= 15 is 0 Å².